The van der Waals surface area contributed by atoms with Gasteiger partial charge in [-0.05, 0) is 30.0 Å². The maximum absolute atomic E-state index is 5.88. The number of ether oxygens (including phenoxy) is 2. The molecule has 3 rings (SSSR count). The highest BCUT2D eigenvalue weighted by molar-refractivity contribution is 5.63. The normalized spacial score (nSPS) is 15.3. The Morgan fingerprint density at radius 3 is 2.57 bits per heavy atom. The van der Waals surface area contributed by atoms with Gasteiger partial charge in [0.1, 0.15) is 5.75 Å². The van der Waals surface area contributed by atoms with Crippen LogP contribution in [0.1, 0.15) is 30.9 Å². The van der Waals surface area contributed by atoms with Crippen molar-refractivity contribution in [3.63, 3.8) is 0 Å². The Labute approximate surface area is 136 Å². The minimum absolute atomic E-state index is 0.393. The molecule has 2 heterocycles. The number of aromatic nitrogens is 2. The largest absolute Gasteiger partial charge is 0.496 e. The molecule has 1 aromatic heterocycles. The van der Waals surface area contributed by atoms with Crippen molar-refractivity contribution in [2.24, 2.45) is 0 Å². The Kier molecular flexibility index (Phi) is 4.52. The van der Waals surface area contributed by atoms with E-state index in [4.69, 9.17) is 13.9 Å². The fraction of sp³-hybridized carbons (Fsp3) is 0.529. The molecule has 0 unspecified atom stereocenters. The predicted molar refractivity (Wildman–Crippen MR) is 88.1 cm³/mol. The van der Waals surface area contributed by atoms with Crippen molar-refractivity contribution >= 4 is 6.01 Å². The number of anilines is 1. The molecule has 0 N–H and O–H groups in total. The molecule has 1 fully saturated rings. The molecule has 124 valence electrons. The maximum atomic E-state index is 5.88. The van der Waals surface area contributed by atoms with Crippen LogP contribution in [0, 0.1) is 6.92 Å². The molecule has 1 saturated heterocycles. The molecule has 0 radical (unpaired) electrons. The first-order chi connectivity index (χ1) is 11.1. The highest BCUT2D eigenvalue weighted by atomic mass is 16.5. The van der Waals surface area contributed by atoms with Gasteiger partial charge in [0.25, 0.3) is 0 Å². The smallest absolute Gasteiger partial charge is 0.318 e. The lowest BCUT2D eigenvalue weighted by molar-refractivity contribution is 0.120. The van der Waals surface area contributed by atoms with E-state index in [1.807, 2.05) is 6.07 Å². The van der Waals surface area contributed by atoms with Gasteiger partial charge in [0.2, 0.25) is 5.89 Å². The average molecular weight is 317 g/mol. The van der Waals surface area contributed by atoms with E-state index >= 15 is 0 Å². The summed E-state index contributed by atoms with van der Waals surface area (Å²) < 4.78 is 16.8. The average Bonchev–Trinajstić information content (AvgIpc) is 3.05. The van der Waals surface area contributed by atoms with Crippen LogP contribution in [-0.4, -0.2) is 43.6 Å². The van der Waals surface area contributed by atoms with E-state index in [0.29, 0.717) is 31.0 Å². The fourth-order valence-corrected chi connectivity index (χ4v) is 2.78. The number of hydrogen-bond donors (Lipinski definition) is 0. The summed E-state index contributed by atoms with van der Waals surface area (Å²) in [5, 5.41) is 8.40. The van der Waals surface area contributed by atoms with Crippen molar-refractivity contribution in [2.75, 3.05) is 38.3 Å². The van der Waals surface area contributed by atoms with Crippen molar-refractivity contribution in [3.8, 4) is 17.2 Å². The zero-order valence-corrected chi connectivity index (χ0v) is 14.1. The molecule has 6 heteroatoms. The van der Waals surface area contributed by atoms with Gasteiger partial charge in [0.05, 0.1) is 20.3 Å². The van der Waals surface area contributed by atoms with E-state index in [0.717, 1.165) is 30.0 Å². The summed E-state index contributed by atoms with van der Waals surface area (Å²) in [6.07, 6.45) is 0. The van der Waals surface area contributed by atoms with Gasteiger partial charge in [-0.25, -0.2) is 0 Å². The van der Waals surface area contributed by atoms with Gasteiger partial charge in [-0.15, -0.1) is 5.10 Å². The lowest BCUT2D eigenvalue weighted by Crippen LogP contribution is -2.36. The fourth-order valence-electron chi connectivity index (χ4n) is 2.78. The van der Waals surface area contributed by atoms with Gasteiger partial charge in [-0.2, -0.15) is 0 Å². The summed E-state index contributed by atoms with van der Waals surface area (Å²) in [5.41, 5.74) is 3.20. The van der Waals surface area contributed by atoms with Gasteiger partial charge < -0.3 is 18.8 Å². The molecule has 23 heavy (non-hydrogen) atoms. The van der Waals surface area contributed by atoms with Crippen LogP contribution in [0.2, 0.25) is 0 Å². The van der Waals surface area contributed by atoms with Crippen LogP contribution in [0.5, 0.6) is 5.75 Å². The lowest BCUT2D eigenvalue weighted by Gasteiger charge is -2.24. The second-order valence-corrected chi connectivity index (χ2v) is 6.05. The second kappa shape index (κ2) is 6.58. The van der Waals surface area contributed by atoms with Gasteiger partial charge in [-0.1, -0.05) is 25.0 Å². The summed E-state index contributed by atoms with van der Waals surface area (Å²) >= 11 is 0. The number of aryl methyl sites for hydroxylation is 1. The zero-order chi connectivity index (χ0) is 16.4. The molecular formula is C17H23N3O3. The van der Waals surface area contributed by atoms with Gasteiger partial charge in [0.15, 0.2) is 0 Å². The van der Waals surface area contributed by atoms with E-state index in [2.05, 4.69) is 41.9 Å². The Morgan fingerprint density at radius 1 is 1.17 bits per heavy atom. The van der Waals surface area contributed by atoms with E-state index in [1.54, 1.807) is 7.11 Å². The second-order valence-electron chi connectivity index (χ2n) is 6.05. The molecule has 0 saturated carbocycles. The molecule has 0 bridgehead atoms. The minimum Gasteiger partial charge on any atom is -0.496 e. The van der Waals surface area contributed by atoms with E-state index in [9.17, 15) is 0 Å². The predicted octanol–water partition coefficient (Wildman–Crippen LogP) is 3.01. The first kappa shape index (κ1) is 15.8. The van der Waals surface area contributed by atoms with E-state index in [1.165, 1.54) is 5.56 Å². The topological polar surface area (TPSA) is 60.6 Å². The molecule has 1 aliphatic heterocycles. The Balaban J connectivity index is 1.94. The van der Waals surface area contributed by atoms with Crippen molar-refractivity contribution in [3.05, 3.63) is 23.3 Å². The summed E-state index contributed by atoms with van der Waals surface area (Å²) in [7, 11) is 1.69. The molecular weight excluding hydrogens is 294 g/mol. The number of hydrogen-bond acceptors (Lipinski definition) is 6. The van der Waals surface area contributed by atoms with Crippen molar-refractivity contribution < 1.29 is 13.9 Å². The summed E-state index contributed by atoms with van der Waals surface area (Å²) in [6, 6.07) is 4.67. The number of benzene rings is 1. The monoisotopic (exact) mass is 317 g/mol. The third-order valence-electron chi connectivity index (χ3n) is 4.13. The van der Waals surface area contributed by atoms with Crippen LogP contribution >= 0.6 is 0 Å². The number of rotatable bonds is 4. The minimum atomic E-state index is 0.393. The van der Waals surface area contributed by atoms with E-state index in [-0.39, 0.29) is 0 Å². The summed E-state index contributed by atoms with van der Waals surface area (Å²) in [4.78, 5) is 2.05. The SMILES string of the molecule is COc1cc(-c2nnc(N3CCOCC3)o2)c(C)cc1C(C)C. The standard InChI is InChI=1S/C17H23N3O3/c1-11(2)13-9-12(3)14(10-15(13)21-4)16-18-19-17(23-16)20-5-7-22-8-6-20/h9-11H,5-8H2,1-4H3. The highest BCUT2D eigenvalue weighted by Crippen LogP contribution is 2.34. The Morgan fingerprint density at radius 2 is 1.91 bits per heavy atom. The third-order valence-corrected chi connectivity index (χ3v) is 4.13. The summed E-state index contributed by atoms with van der Waals surface area (Å²) in [5.74, 6) is 1.77. The van der Waals surface area contributed by atoms with E-state index < -0.39 is 0 Å². The molecule has 1 aliphatic rings. The lowest BCUT2D eigenvalue weighted by atomic mass is 9.96. The van der Waals surface area contributed by atoms with Crippen molar-refractivity contribution in [1.82, 2.24) is 10.2 Å². The molecule has 6 nitrogen and oxygen atoms in total. The first-order valence-corrected chi connectivity index (χ1v) is 7.95. The Bertz CT molecular complexity index is 676. The highest BCUT2D eigenvalue weighted by Gasteiger charge is 2.20. The molecule has 2 aromatic rings. The molecule has 0 amide bonds. The van der Waals surface area contributed by atoms with Crippen LogP contribution in [-0.2, 0) is 4.74 Å². The number of nitrogens with zero attached hydrogens (tertiary/aromatic N) is 3. The number of methoxy groups -OCH3 is 1. The number of morpholine rings is 1. The van der Waals surface area contributed by atoms with Crippen LogP contribution < -0.4 is 9.64 Å². The molecule has 0 spiro atoms. The van der Waals surface area contributed by atoms with Crippen molar-refractivity contribution in [1.29, 1.82) is 0 Å². The summed E-state index contributed by atoms with van der Waals surface area (Å²) in [6.45, 7) is 9.29. The first-order valence-electron chi connectivity index (χ1n) is 7.95. The Hall–Kier alpha value is -2.08. The van der Waals surface area contributed by atoms with Gasteiger partial charge >= 0.3 is 6.01 Å². The van der Waals surface area contributed by atoms with Crippen LogP contribution in [0.4, 0.5) is 6.01 Å². The maximum Gasteiger partial charge on any atom is 0.318 e. The molecule has 0 atom stereocenters. The van der Waals surface area contributed by atoms with Crippen molar-refractivity contribution in [2.45, 2.75) is 26.7 Å². The third kappa shape index (κ3) is 3.17. The van der Waals surface area contributed by atoms with Crippen LogP contribution in [0.3, 0.4) is 0 Å². The van der Waals surface area contributed by atoms with Gasteiger partial charge in [-0.3, -0.25) is 0 Å². The van der Waals surface area contributed by atoms with Crippen LogP contribution in [0.25, 0.3) is 11.5 Å². The van der Waals surface area contributed by atoms with Gasteiger partial charge in [0, 0.05) is 18.7 Å². The quantitative estimate of drug-likeness (QED) is 0.864. The van der Waals surface area contributed by atoms with Crippen LogP contribution in [0.15, 0.2) is 16.5 Å². The molecule has 0 aliphatic carbocycles. The molecule has 1 aromatic carbocycles. The zero-order valence-electron chi connectivity index (χ0n) is 14.1.